The van der Waals surface area contributed by atoms with Crippen LogP contribution < -0.4 is 5.73 Å². The molecule has 0 saturated heterocycles. The molecule has 0 amide bonds. The molecular weight excluding hydrogens is 194 g/mol. The quantitative estimate of drug-likeness (QED) is 0.807. The maximum Gasteiger partial charge on any atom is 0.0284 e. The van der Waals surface area contributed by atoms with Crippen LogP contribution in [0.25, 0.3) is 17.2 Å². The van der Waals surface area contributed by atoms with Gasteiger partial charge >= 0.3 is 0 Å². The Balaban J connectivity index is 2.33. The van der Waals surface area contributed by atoms with Crippen LogP contribution in [0.15, 0.2) is 48.5 Å². The summed E-state index contributed by atoms with van der Waals surface area (Å²) in [5, 5.41) is 0. The van der Waals surface area contributed by atoms with Crippen LogP contribution in [0.5, 0.6) is 0 Å². The normalized spacial score (nSPS) is 12.4. The molecule has 2 N–H and O–H groups in total. The Morgan fingerprint density at radius 3 is 2.00 bits per heavy atom. The lowest BCUT2D eigenvalue weighted by Crippen LogP contribution is -2.28. The predicted octanol–water partition coefficient (Wildman–Crippen LogP) is 3.54. The molecule has 0 atom stereocenters. The summed E-state index contributed by atoms with van der Waals surface area (Å²) in [5.74, 6) is 0. The van der Waals surface area contributed by atoms with Gasteiger partial charge in [0.15, 0.2) is 0 Å². The van der Waals surface area contributed by atoms with E-state index in [1.807, 2.05) is 19.9 Å². The van der Waals surface area contributed by atoms with Crippen molar-refractivity contribution in [3.05, 3.63) is 54.1 Å². The average Bonchev–Trinajstić information content (AvgIpc) is 2.55. The van der Waals surface area contributed by atoms with E-state index in [0.717, 1.165) is 0 Å². The van der Waals surface area contributed by atoms with Gasteiger partial charge in [-0.05, 0) is 30.5 Å². The van der Waals surface area contributed by atoms with E-state index in [1.165, 1.54) is 16.7 Å². The topological polar surface area (TPSA) is 26.0 Å². The minimum Gasteiger partial charge on any atom is -0.322 e. The Hall–Kier alpha value is -1.60. The molecule has 0 aromatic heterocycles. The van der Waals surface area contributed by atoms with Crippen molar-refractivity contribution in [1.82, 2.24) is 0 Å². The van der Waals surface area contributed by atoms with E-state index in [-0.39, 0.29) is 5.54 Å². The highest BCUT2D eigenvalue weighted by atomic mass is 14.7. The van der Waals surface area contributed by atoms with Gasteiger partial charge in [-0.25, -0.2) is 0 Å². The Morgan fingerprint density at radius 1 is 0.938 bits per heavy atom. The monoisotopic (exact) mass is 211 g/mol. The van der Waals surface area contributed by atoms with Crippen molar-refractivity contribution >= 4 is 6.08 Å². The lowest BCUT2D eigenvalue weighted by molar-refractivity contribution is 0.657. The third-order valence-electron chi connectivity index (χ3n) is 2.50. The molecule has 0 fully saturated rings. The molecule has 2 rings (SSSR count). The molecule has 0 heterocycles. The van der Waals surface area contributed by atoms with Crippen LogP contribution in [0.3, 0.4) is 0 Å². The van der Waals surface area contributed by atoms with Gasteiger partial charge in [-0.2, -0.15) is 0 Å². The molecule has 0 radical (unpaired) electrons. The minimum absolute atomic E-state index is 0.261. The van der Waals surface area contributed by atoms with Crippen molar-refractivity contribution in [2.24, 2.45) is 5.73 Å². The van der Waals surface area contributed by atoms with Crippen LogP contribution in [0, 0.1) is 0 Å². The molecule has 2 aliphatic carbocycles. The SMILES string of the molecule is CC(C)(N)C=Cc1ccc2cccc-2cc1. The van der Waals surface area contributed by atoms with Gasteiger partial charge in [-0.15, -0.1) is 0 Å². The van der Waals surface area contributed by atoms with Crippen LogP contribution in [-0.2, 0) is 0 Å². The highest BCUT2D eigenvalue weighted by Crippen LogP contribution is 2.22. The molecule has 0 aliphatic heterocycles. The Morgan fingerprint density at radius 2 is 1.50 bits per heavy atom. The van der Waals surface area contributed by atoms with E-state index in [1.54, 1.807) is 0 Å². The fraction of sp³-hybridized carbons (Fsp3) is 0.200. The first-order valence-electron chi connectivity index (χ1n) is 5.51. The number of hydrogen-bond acceptors (Lipinski definition) is 1. The summed E-state index contributed by atoms with van der Waals surface area (Å²) in [6.07, 6.45) is 4.09. The van der Waals surface area contributed by atoms with Crippen molar-refractivity contribution in [3.8, 4) is 11.1 Å². The average molecular weight is 211 g/mol. The number of hydrogen-bond donors (Lipinski definition) is 1. The summed E-state index contributed by atoms with van der Waals surface area (Å²) in [6, 6.07) is 14.8. The summed E-state index contributed by atoms with van der Waals surface area (Å²) < 4.78 is 0. The van der Waals surface area contributed by atoms with Crippen LogP contribution in [0.2, 0.25) is 0 Å². The molecule has 0 unspecified atom stereocenters. The first-order chi connectivity index (χ1) is 7.54. The molecule has 2 aliphatic rings. The summed E-state index contributed by atoms with van der Waals surface area (Å²) in [6.45, 7) is 3.98. The molecular formula is C15H17N. The van der Waals surface area contributed by atoms with Gasteiger partial charge in [-0.3, -0.25) is 0 Å². The fourth-order valence-electron chi connectivity index (χ4n) is 1.60. The van der Waals surface area contributed by atoms with E-state index in [0.29, 0.717) is 0 Å². The molecule has 16 heavy (non-hydrogen) atoms. The molecule has 82 valence electrons. The molecule has 1 nitrogen and oxygen atoms in total. The number of fused-ring (bicyclic) bond motifs is 1. The lowest BCUT2D eigenvalue weighted by Gasteiger charge is -2.11. The summed E-state index contributed by atoms with van der Waals surface area (Å²) in [7, 11) is 0. The van der Waals surface area contributed by atoms with Crippen molar-refractivity contribution < 1.29 is 0 Å². The molecule has 0 spiro atoms. The van der Waals surface area contributed by atoms with Gasteiger partial charge in [0.2, 0.25) is 0 Å². The first-order valence-corrected chi connectivity index (χ1v) is 5.51. The molecule has 0 saturated carbocycles. The maximum atomic E-state index is 5.91. The smallest absolute Gasteiger partial charge is 0.0284 e. The minimum atomic E-state index is -0.261. The van der Waals surface area contributed by atoms with E-state index in [2.05, 4.69) is 48.5 Å². The largest absolute Gasteiger partial charge is 0.322 e. The zero-order valence-electron chi connectivity index (χ0n) is 9.77. The Bertz CT molecular complexity index is 447. The van der Waals surface area contributed by atoms with E-state index in [4.69, 9.17) is 5.73 Å². The standard InChI is InChI=1S/C15H17N/c1-15(2,16)11-10-12-6-8-13-4-3-5-14(13)9-7-12/h3-11H,16H2,1-2H3. The molecule has 0 bridgehead atoms. The summed E-state index contributed by atoms with van der Waals surface area (Å²) in [5.41, 5.74) is 9.36. The van der Waals surface area contributed by atoms with E-state index in [9.17, 15) is 0 Å². The molecule has 1 heteroatoms. The summed E-state index contributed by atoms with van der Waals surface area (Å²) >= 11 is 0. The zero-order chi connectivity index (χ0) is 11.6. The van der Waals surface area contributed by atoms with Crippen molar-refractivity contribution in [2.75, 3.05) is 0 Å². The van der Waals surface area contributed by atoms with Crippen molar-refractivity contribution in [3.63, 3.8) is 0 Å². The first kappa shape index (κ1) is 10.9. The summed E-state index contributed by atoms with van der Waals surface area (Å²) in [4.78, 5) is 0. The fourth-order valence-corrected chi connectivity index (χ4v) is 1.60. The Kier molecular flexibility index (Phi) is 2.80. The van der Waals surface area contributed by atoms with Gasteiger partial charge < -0.3 is 5.73 Å². The van der Waals surface area contributed by atoms with Gasteiger partial charge in [0, 0.05) is 5.54 Å². The van der Waals surface area contributed by atoms with Gasteiger partial charge in [-0.1, -0.05) is 54.6 Å². The maximum absolute atomic E-state index is 5.91. The lowest BCUT2D eigenvalue weighted by atomic mass is 10.1. The van der Waals surface area contributed by atoms with Crippen LogP contribution in [-0.4, -0.2) is 5.54 Å². The number of rotatable bonds is 2. The van der Waals surface area contributed by atoms with Crippen LogP contribution in [0.4, 0.5) is 0 Å². The van der Waals surface area contributed by atoms with Crippen molar-refractivity contribution in [1.29, 1.82) is 0 Å². The number of nitrogens with two attached hydrogens (primary N) is 1. The molecule has 0 aromatic carbocycles. The molecule has 0 aromatic rings. The van der Waals surface area contributed by atoms with Crippen LogP contribution in [0.1, 0.15) is 19.4 Å². The van der Waals surface area contributed by atoms with Crippen LogP contribution >= 0.6 is 0 Å². The zero-order valence-corrected chi connectivity index (χ0v) is 9.77. The third-order valence-corrected chi connectivity index (χ3v) is 2.50. The van der Waals surface area contributed by atoms with Gasteiger partial charge in [0.05, 0.1) is 0 Å². The predicted molar refractivity (Wildman–Crippen MR) is 70.4 cm³/mol. The van der Waals surface area contributed by atoms with E-state index < -0.39 is 0 Å². The Labute approximate surface area is 96.9 Å². The second kappa shape index (κ2) is 4.11. The van der Waals surface area contributed by atoms with Gasteiger partial charge in [0.1, 0.15) is 0 Å². The second-order valence-corrected chi connectivity index (χ2v) is 4.76. The van der Waals surface area contributed by atoms with Gasteiger partial charge in [0.25, 0.3) is 0 Å². The van der Waals surface area contributed by atoms with E-state index >= 15 is 0 Å². The van der Waals surface area contributed by atoms with Crippen molar-refractivity contribution in [2.45, 2.75) is 19.4 Å². The highest BCUT2D eigenvalue weighted by Gasteiger charge is 2.03. The third kappa shape index (κ3) is 2.71. The highest BCUT2D eigenvalue weighted by molar-refractivity contribution is 5.67. The second-order valence-electron chi connectivity index (χ2n) is 4.76.